The molecule has 0 bridgehead atoms. The van der Waals surface area contributed by atoms with Gasteiger partial charge in [-0.2, -0.15) is 0 Å². The highest BCUT2D eigenvalue weighted by Gasteiger charge is 2.19. The third-order valence-electron chi connectivity index (χ3n) is 3.55. The minimum absolute atomic E-state index is 0.157. The first kappa shape index (κ1) is 14.3. The van der Waals surface area contributed by atoms with Crippen LogP contribution in [0.3, 0.4) is 0 Å². The number of benzene rings is 1. The van der Waals surface area contributed by atoms with Crippen molar-refractivity contribution in [1.29, 1.82) is 0 Å². The third-order valence-corrected chi connectivity index (χ3v) is 3.90. The molecule has 0 fully saturated rings. The molecule has 0 aliphatic rings. The molecule has 0 amide bonds. The van der Waals surface area contributed by atoms with Gasteiger partial charge in [0.05, 0.1) is 7.11 Å². The molecule has 17 heavy (non-hydrogen) atoms. The molecular formula is C14H22ClNO. The fraction of sp³-hybridized carbons (Fsp3) is 0.571. The summed E-state index contributed by atoms with van der Waals surface area (Å²) in [6.45, 7) is 7.36. The van der Waals surface area contributed by atoms with E-state index in [1.54, 1.807) is 7.11 Å². The van der Waals surface area contributed by atoms with Crippen molar-refractivity contribution in [2.24, 2.45) is 0 Å². The predicted octanol–water partition coefficient (Wildman–Crippen LogP) is 4.02. The Morgan fingerprint density at radius 2 is 1.94 bits per heavy atom. The van der Waals surface area contributed by atoms with Crippen molar-refractivity contribution in [3.8, 4) is 5.75 Å². The monoisotopic (exact) mass is 255 g/mol. The van der Waals surface area contributed by atoms with E-state index in [4.69, 9.17) is 16.3 Å². The molecule has 96 valence electrons. The lowest BCUT2D eigenvalue weighted by molar-refractivity contribution is 0.325. The molecule has 1 N–H and O–H groups in total. The van der Waals surface area contributed by atoms with E-state index in [9.17, 15) is 0 Å². The maximum Gasteiger partial charge on any atom is 0.124 e. The lowest BCUT2D eigenvalue weighted by Crippen LogP contribution is -2.40. The second kappa shape index (κ2) is 6.27. The van der Waals surface area contributed by atoms with Crippen molar-refractivity contribution in [3.63, 3.8) is 0 Å². The van der Waals surface area contributed by atoms with Crippen molar-refractivity contribution in [2.75, 3.05) is 7.11 Å². The van der Waals surface area contributed by atoms with Gasteiger partial charge in [-0.15, -0.1) is 0 Å². The molecule has 0 unspecified atom stereocenters. The molecule has 2 nitrogen and oxygen atoms in total. The molecule has 0 aliphatic heterocycles. The molecule has 0 aromatic heterocycles. The number of rotatable bonds is 6. The molecule has 0 saturated heterocycles. The quantitative estimate of drug-likeness (QED) is 0.829. The molecule has 0 heterocycles. The Balaban J connectivity index is 2.81. The SMILES string of the molecule is CCC(C)(CC)NCc1c(Cl)cccc1OC. The summed E-state index contributed by atoms with van der Waals surface area (Å²) >= 11 is 6.20. The van der Waals surface area contributed by atoms with Gasteiger partial charge >= 0.3 is 0 Å². The van der Waals surface area contributed by atoms with Gasteiger partial charge in [0, 0.05) is 22.7 Å². The average Bonchev–Trinajstić information content (AvgIpc) is 2.36. The lowest BCUT2D eigenvalue weighted by Gasteiger charge is -2.29. The van der Waals surface area contributed by atoms with Crippen LogP contribution in [0, 0.1) is 0 Å². The van der Waals surface area contributed by atoms with Crippen LogP contribution in [0.4, 0.5) is 0 Å². The molecule has 3 heteroatoms. The van der Waals surface area contributed by atoms with Gasteiger partial charge < -0.3 is 10.1 Å². The van der Waals surface area contributed by atoms with Crippen LogP contribution in [-0.4, -0.2) is 12.6 Å². The van der Waals surface area contributed by atoms with Crippen molar-refractivity contribution < 1.29 is 4.74 Å². The Labute approximate surface area is 109 Å². The van der Waals surface area contributed by atoms with Gasteiger partial charge in [-0.1, -0.05) is 31.5 Å². The van der Waals surface area contributed by atoms with E-state index >= 15 is 0 Å². The van der Waals surface area contributed by atoms with Gasteiger partial charge in [-0.25, -0.2) is 0 Å². The summed E-state index contributed by atoms with van der Waals surface area (Å²) in [5, 5.41) is 4.32. The van der Waals surface area contributed by atoms with Crippen molar-refractivity contribution in [3.05, 3.63) is 28.8 Å². The Bertz CT molecular complexity index is 361. The van der Waals surface area contributed by atoms with E-state index in [-0.39, 0.29) is 5.54 Å². The third kappa shape index (κ3) is 3.62. The Morgan fingerprint density at radius 3 is 2.47 bits per heavy atom. The molecule has 1 aromatic rings. The highest BCUT2D eigenvalue weighted by molar-refractivity contribution is 6.31. The van der Waals surface area contributed by atoms with Crippen molar-refractivity contribution in [2.45, 2.75) is 45.7 Å². The number of nitrogens with one attached hydrogen (secondary N) is 1. The van der Waals surface area contributed by atoms with Gasteiger partial charge in [0.2, 0.25) is 0 Å². The zero-order valence-electron chi connectivity index (χ0n) is 11.1. The summed E-state index contributed by atoms with van der Waals surface area (Å²) in [7, 11) is 1.67. The molecule has 0 spiro atoms. The lowest BCUT2D eigenvalue weighted by atomic mass is 9.95. The Kier molecular flexibility index (Phi) is 5.29. The Hall–Kier alpha value is -0.730. The number of halogens is 1. The summed E-state index contributed by atoms with van der Waals surface area (Å²) in [5.74, 6) is 0.847. The topological polar surface area (TPSA) is 21.3 Å². The summed E-state index contributed by atoms with van der Waals surface area (Å²) in [4.78, 5) is 0. The predicted molar refractivity (Wildman–Crippen MR) is 73.8 cm³/mol. The minimum atomic E-state index is 0.157. The molecule has 0 aliphatic carbocycles. The standard InChI is InChI=1S/C14H22ClNO/c1-5-14(3,6-2)16-10-11-12(15)8-7-9-13(11)17-4/h7-9,16H,5-6,10H2,1-4H3. The van der Waals surface area contributed by atoms with E-state index in [2.05, 4.69) is 26.1 Å². The van der Waals surface area contributed by atoms with Gasteiger partial charge in [0.25, 0.3) is 0 Å². The summed E-state index contributed by atoms with van der Waals surface area (Å²) < 4.78 is 5.33. The molecule has 0 saturated carbocycles. The number of hydrogen-bond donors (Lipinski definition) is 1. The maximum atomic E-state index is 6.20. The van der Waals surface area contributed by atoms with Crippen LogP contribution in [0.25, 0.3) is 0 Å². The van der Waals surface area contributed by atoms with Crippen LogP contribution >= 0.6 is 11.6 Å². The van der Waals surface area contributed by atoms with E-state index in [1.807, 2.05) is 18.2 Å². The van der Waals surface area contributed by atoms with E-state index < -0.39 is 0 Å². The zero-order valence-corrected chi connectivity index (χ0v) is 11.9. The molecule has 0 radical (unpaired) electrons. The molecular weight excluding hydrogens is 234 g/mol. The molecule has 1 aromatic carbocycles. The van der Waals surface area contributed by atoms with Gasteiger partial charge in [-0.05, 0) is 31.9 Å². The van der Waals surface area contributed by atoms with Crippen molar-refractivity contribution in [1.82, 2.24) is 5.32 Å². The second-order valence-electron chi connectivity index (χ2n) is 4.54. The van der Waals surface area contributed by atoms with Crippen LogP contribution in [0.15, 0.2) is 18.2 Å². The number of methoxy groups -OCH3 is 1. The highest BCUT2D eigenvalue weighted by Crippen LogP contribution is 2.27. The summed E-state index contributed by atoms with van der Waals surface area (Å²) in [6.07, 6.45) is 2.19. The van der Waals surface area contributed by atoms with E-state index in [0.29, 0.717) is 0 Å². The van der Waals surface area contributed by atoms with Gasteiger partial charge in [-0.3, -0.25) is 0 Å². The largest absolute Gasteiger partial charge is 0.496 e. The van der Waals surface area contributed by atoms with Crippen LogP contribution in [0.2, 0.25) is 5.02 Å². The normalized spacial score (nSPS) is 11.6. The second-order valence-corrected chi connectivity index (χ2v) is 4.95. The van der Waals surface area contributed by atoms with E-state index in [1.165, 1.54) is 0 Å². The van der Waals surface area contributed by atoms with Crippen LogP contribution in [-0.2, 0) is 6.54 Å². The minimum Gasteiger partial charge on any atom is -0.496 e. The van der Waals surface area contributed by atoms with Crippen LogP contribution in [0.1, 0.15) is 39.2 Å². The van der Waals surface area contributed by atoms with Gasteiger partial charge in [0.1, 0.15) is 5.75 Å². The number of ether oxygens (including phenoxy) is 1. The average molecular weight is 256 g/mol. The summed E-state index contributed by atoms with van der Waals surface area (Å²) in [6, 6.07) is 5.75. The summed E-state index contributed by atoms with van der Waals surface area (Å²) in [5.41, 5.74) is 1.19. The first-order valence-electron chi connectivity index (χ1n) is 6.12. The zero-order chi connectivity index (χ0) is 12.9. The van der Waals surface area contributed by atoms with E-state index in [0.717, 1.165) is 35.7 Å². The first-order chi connectivity index (χ1) is 8.06. The number of hydrogen-bond acceptors (Lipinski definition) is 2. The molecule has 1 rings (SSSR count). The van der Waals surface area contributed by atoms with Crippen LogP contribution < -0.4 is 10.1 Å². The highest BCUT2D eigenvalue weighted by atomic mass is 35.5. The van der Waals surface area contributed by atoms with Crippen LogP contribution in [0.5, 0.6) is 5.75 Å². The smallest absolute Gasteiger partial charge is 0.124 e. The fourth-order valence-electron chi connectivity index (χ4n) is 1.70. The first-order valence-corrected chi connectivity index (χ1v) is 6.50. The fourth-order valence-corrected chi connectivity index (χ4v) is 1.94. The van der Waals surface area contributed by atoms with Crippen molar-refractivity contribution >= 4 is 11.6 Å². The maximum absolute atomic E-state index is 6.20. The van der Waals surface area contributed by atoms with Gasteiger partial charge in [0.15, 0.2) is 0 Å². The Morgan fingerprint density at radius 1 is 1.29 bits per heavy atom. The molecule has 0 atom stereocenters.